The van der Waals surface area contributed by atoms with Crippen molar-refractivity contribution in [2.75, 3.05) is 0 Å². The number of rotatable bonds is 4. The highest BCUT2D eigenvalue weighted by Gasteiger charge is 2.37. The van der Waals surface area contributed by atoms with Crippen LogP contribution in [0.25, 0.3) is 0 Å². The molecule has 0 fully saturated rings. The van der Waals surface area contributed by atoms with Crippen LogP contribution in [0, 0.1) is 5.82 Å². The largest absolute Gasteiger partial charge is 0.408 e. The lowest BCUT2D eigenvalue weighted by Gasteiger charge is -2.21. The Hall–Kier alpha value is -2.58. The topological polar surface area (TPSA) is 69.8 Å². The molecule has 0 radical (unpaired) electrons. The molecule has 2 rings (SSSR count). The van der Waals surface area contributed by atoms with Gasteiger partial charge in [0.25, 0.3) is 0 Å². The third-order valence-electron chi connectivity index (χ3n) is 3.11. The fourth-order valence-corrected chi connectivity index (χ4v) is 1.85. The van der Waals surface area contributed by atoms with E-state index in [1.165, 1.54) is 36.7 Å². The summed E-state index contributed by atoms with van der Waals surface area (Å²) >= 11 is 0. The molecular formula is C14H14F4N4O. The first kappa shape index (κ1) is 16.8. The number of urea groups is 1. The molecule has 1 heterocycles. The molecule has 0 saturated carbocycles. The van der Waals surface area contributed by atoms with Gasteiger partial charge < -0.3 is 15.6 Å². The Kier molecular flexibility index (Phi) is 4.87. The number of alkyl halides is 3. The van der Waals surface area contributed by atoms with E-state index in [1.54, 1.807) is 5.32 Å². The maximum atomic E-state index is 13.0. The average Bonchev–Trinajstić information content (AvgIpc) is 2.98. The van der Waals surface area contributed by atoms with Gasteiger partial charge in [0.15, 0.2) is 0 Å². The summed E-state index contributed by atoms with van der Waals surface area (Å²) in [5.74, 6) is -0.159. The highest BCUT2D eigenvalue weighted by atomic mass is 19.4. The van der Waals surface area contributed by atoms with Crippen LogP contribution in [0.5, 0.6) is 0 Å². The van der Waals surface area contributed by atoms with Crippen LogP contribution in [0.2, 0.25) is 0 Å². The maximum Gasteiger partial charge on any atom is 0.408 e. The fourth-order valence-electron chi connectivity index (χ4n) is 1.85. The fraction of sp³-hybridized carbons (Fsp3) is 0.286. The molecule has 2 atom stereocenters. The molecule has 0 aliphatic rings. The molecule has 124 valence electrons. The molecule has 3 N–H and O–H groups in total. The predicted octanol–water partition coefficient (Wildman–Crippen LogP) is 2.89. The van der Waals surface area contributed by atoms with E-state index in [0.29, 0.717) is 11.4 Å². The Bertz CT molecular complexity index is 640. The molecule has 9 heteroatoms. The summed E-state index contributed by atoms with van der Waals surface area (Å²) in [6.07, 6.45) is -1.61. The summed E-state index contributed by atoms with van der Waals surface area (Å²) in [6, 6.07) is 1.33. The van der Waals surface area contributed by atoms with Gasteiger partial charge in [-0.15, -0.1) is 0 Å². The van der Waals surface area contributed by atoms with Crippen molar-refractivity contribution in [1.82, 2.24) is 20.6 Å². The molecule has 1 aromatic heterocycles. The van der Waals surface area contributed by atoms with Gasteiger partial charge in [-0.05, 0) is 24.6 Å². The normalized spacial score (nSPS) is 14.1. The number of imidazole rings is 1. The van der Waals surface area contributed by atoms with Gasteiger partial charge in [-0.1, -0.05) is 12.1 Å². The molecule has 2 aromatic rings. The van der Waals surface area contributed by atoms with Gasteiger partial charge >= 0.3 is 12.2 Å². The minimum atomic E-state index is -4.55. The molecule has 0 spiro atoms. The smallest absolute Gasteiger partial charge is 0.347 e. The summed E-state index contributed by atoms with van der Waals surface area (Å²) in [5, 5.41) is 4.19. The number of H-pyrrole nitrogens is 1. The first-order chi connectivity index (χ1) is 10.8. The van der Waals surface area contributed by atoms with Crippen molar-refractivity contribution in [1.29, 1.82) is 0 Å². The standard InChI is InChI=1S/C14H14F4N4O/c1-8(14(16,17)18)21-13(23)22-11(12-19-6-7-20-12)9-2-4-10(15)5-3-9/h2-8,11H,1H3,(H,19,20)(H2,21,22,23)/t8-,11?/m0/s1. The van der Waals surface area contributed by atoms with Crippen LogP contribution < -0.4 is 10.6 Å². The first-order valence-electron chi connectivity index (χ1n) is 6.66. The number of benzene rings is 1. The van der Waals surface area contributed by atoms with Crippen LogP contribution in [-0.2, 0) is 0 Å². The van der Waals surface area contributed by atoms with Crippen molar-refractivity contribution < 1.29 is 22.4 Å². The van der Waals surface area contributed by atoms with Crippen LogP contribution in [0.4, 0.5) is 22.4 Å². The minimum absolute atomic E-state index is 0.311. The average molecular weight is 330 g/mol. The minimum Gasteiger partial charge on any atom is -0.347 e. The number of aromatic amines is 1. The van der Waals surface area contributed by atoms with Crippen LogP contribution in [0.1, 0.15) is 24.4 Å². The summed E-state index contributed by atoms with van der Waals surface area (Å²) in [7, 11) is 0. The van der Waals surface area contributed by atoms with Crippen molar-refractivity contribution in [3.05, 3.63) is 53.9 Å². The van der Waals surface area contributed by atoms with E-state index in [2.05, 4.69) is 15.3 Å². The van der Waals surface area contributed by atoms with Gasteiger partial charge in [0, 0.05) is 12.4 Å². The van der Waals surface area contributed by atoms with Crippen LogP contribution in [0.3, 0.4) is 0 Å². The third-order valence-corrected chi connectivity index (χ3v) is 3.11. The van der Waals surface area contributed by atoms with Gasteiger partial charge in [0.1, 0.15) is 23.7 Å². The highest BCUT2D eigenvalue weighted by molar-refractivity contribution is 5.75. The zero-order chi connectivity index (χ0) is 17.0. The zero-order valence-electron chi connectivity index (χ0n) is 12.0. The quantitative estimate of drug-likeness (QED) is 0.755. The summed E-state index contributed by atoms with van der Waals surface area (Å²) in [6.45, 7) is 0.833. The summed E-state index contributed by atoms with van der Waals surface area (Å²) in [4.78, 5) is 18.6. The molecule has 0 aliphatic heterocycles. The van der Waals surface area contributed by atoms with Crippen molar-refractivity contribution in [3.8, 4) is 0 Å². The van der Waals surface area contributed by atoms with E-state index in [4.69, 9.17) is 0 Å². The van der Waals surface area contributed by atoms with E-state index >= 15 is 0 Å². The molecule has 1 aromatic carbocycles. The molecule has 0 bridgehead atoms. The number of aromatic nitrogens is 2. The Morgan fingerprint density at radius 2 is 1.87 bits per heavy atom. The molecule has 2 amide bonds. The summed E-state index contributed by atoms with van der Waals surface area (Å²) in [5.41, 5.74) is 0.469. The number of hydrogen-bond donors (Lipinski definition) is 3. The SMILES string of the molecule is C[C@H](NC(=O)NC(c1ccc(F)cc1)c1ncc[nH]1)C(F)(F)F. The Morgan fingerprint density at radius 1 is 1.22 bits per heavy atom. The Labute approximate surface area is 129 Å². The third kappa shape index (κ3) is 4.44. The van der Waals surface area contributed by atoms with E-state index in [-0.39, 0.29) is 0 Å². The van der Waals surface area contributed by atoms with Gasteiger partial charge in [0.05, 0.1) is 0 Å². The van der Waals surface area contributed by atoms with Crippen molar-refractivity contribution in [2.45, 2.75) is 25.2 Å². The maximum absolute atomic E-state index is 13.0. The lowest BCUT2D eigenvalue weighted by Crippen LogP contribution is -2.48. The number of carbonyl (C=O) groups is 1. The Morgan fingerprint density at radius 3 is 2.39 bits per heavy atom. The lowest BCUT2D eigenvalue weighted by molar-refractivity contribution is -0.148. The van der Waals surface area contributed by atoms with Gasteiger partial charge in [-0.3, -0.25) is 0 Å². The number of halogens is 4. The van der Waals surface area contributed by atoms with Gasteiger partial charge in [-0.25, -0.2) is 14.2 Å². The second-order valence-electron chi connectivity index (χ2n) is 4.84. The lowest BCUT2D eigenvalue weighted by atomic mass is 10.1. The molecule has 23 heavy (non-hydrogen) atoms. The van der Waals surface area contributed by atoms with E-state index in [9.17, 15) is 22.4 Å². The molecule has 0 saturated heterocycles. The first-order valence-corrected chi connectivity index (χ1v) is 6.66. The number of nitrogens with one attached hydrogen (secondary N) is 3. The molecule has 5 nitrogen and oxygen atoms in total. The number of hydrogen-bond acceptors (Lipinski definition) is 2. The van der Waals surface area contributed by atoms with E-state index in [1.807, 2.05) is 0 Å². The van der Waals surface area contributed by atoms with E-state index in [0.717, 1.165) is 6.92 Å². The van der Waals surface area contributed by atoms with Crippen LogP contribution >= 0.6 is 0 Å². The Balaban J connectivity index is 2.16. The van der Waals surface area contributed by atoms with Crippen molar-refractivity contribution in [3.63, 3.8) is 0 Å². The van der Waals surface area contributed by atoms with E-state index < -0.39 is 30.1 Å². The second-order valence-corrected chi connectivity index (χ2v) is 4.84. The molecule has 0 aliphatic carbocycles. The highest BCUT2D eigenvalue weighted by Crippen LogP contribution is 2.21. The summed E-state index contributed by atoms with van der Waals surface area (Å²) < 4.78 is 50.5. The molecular weight excluding hydrogens is 316 g/mol. The zero-order valence-corrected chi connectivity index (χ0v) is 12.0. The van der Waals surface area contributed by atoms with Crippen LogP contribution in [-0.4, -0.2) is 28.2 Å². The van der Waals surface area contributed by atoms with Gasteiger partial charge in [-0.2, -0.15) is 13.2 Å². The van der Waals surface area contributed by atoms with Crippen molar-refractivity contribution >= 4 is 6.03 Å². The number of amides is 2. The monoisotopic (exact) mass is 330 g/mol. The van der Waals surface area contributed by atoms with Crippen molar-refractivity contribution in [2.24, 2.45) is 0 Å². The second kappa shape index (κ2) is 6.67. The molecule has 1 unspecified atom stereocenters. The van der Waals surface area contributed by atoms with Crippen LogP contribution in [0.15, 0.2) is 36.7 Å². The number of carbonyl (C=O) groups excluding carboxylic acids is 1. The number of nitrogens with zero attached hydrogens (tertiary/aromatic N) is 1. The predicted molar refractivity (Wildman–Crippen MR) is 74.0 cm³/mol. The van der Waals surface area contributed by atoms with Gasteiger partial charge in [0.2, 0.25) is 0 Å².